The van der Waals surface area contributed by atoms with Gasteiger partial charge in [-0.1, -0.05) is 6.07 Å². The summed E-state index contributed by atoms with van der Waals surface area (Å²) in [5, 5.41) is 5.89. The molecule has 1 atom stereocenters. The summed E-state index contributed by atoms with van der Waals surface area (Å²) in [6.07, 6.45) is 0. The number of rotatable bonds is 6. The Labute approximate surface area is 119 Å². The first-order valence-corrected chi connectivity index (χ1v) is 6.47. The molecular weight excluding hydrogens is 261 g/mol. The summed E-state index contributed by atoms with van der Waals surface area (Å²) in [5.41, 5.74) is 0.574. The molecule has 0 fully saturated rings. The zero-order valence-corrected chi connectivity index (χ0v) is 12.4. The topological polar surface area (TPSA) is 53.6 Å². The second-order valence-electron chi connectivity index (χ2n) is 4.69. The molecule has 0 bridgehead atoms. The van der Waals surface area contributed by atoms with Crippen molar-refractivity contribution in [3.8, 4) is 5.75 Å². The molecule has 112 valence electrons. The van der Waals surface area contributed by atoms with Gasteiger partial charge in [0.25, 0.3) is 0 Å². The van der Waals surface area contributed by atoms with Gasteiger partial charge in [0.2, 0.25) is 0 Å². The summed E-state index contributed by atoms with van der Waals surface area (Å²) >= 11 is 0. The van der Waals surface area contributed by atoms with Crippen molar-refractivity contribution in [1.82, 2.24) is 15.5 Å². The Bertz CT molecular complexity index is 452. The van der Waals surface area contributed by atoms with Crippen molar-refractivity contribution in [1.29, 1.82) is 0 Å². The lowest BCUT2D eigenvalue weighted by Crippen LogP contribution is -2.38. The molecule has 1 unspecified atom stereocenters. The van der Waals surface area contributed by atoms with Crippen LogP contribution in [0.1, 0.15) is 18.5 Å². The molecule has 1 aromatic rings. The van der Waals surface area contributed by atoms with Crippen molar-refractivity contribution in [2.45, 2.75) is 13.0 Å². The molecule has 0 spiro atoms. The van der Waals surface area contributed by atoms with Gasteiger partial charge in [0.1, 0.15) is 11.6 Å². The highest BCUT2D eigenvalue weighted by Gasteiger charge is 2.11. The Balaban J connectivity index is 2.43. The fourth-order valence-corrected chi connectivity index (χ4v) is 1.71. The molecule has 0 aliphatic rings. The fraction of sp³-hybridized carbons (Fsp3) is 0.500. The summed E-state index contributed by atoms with van der Waals surface area (Å²) in [6, 6.07) is 4.50. The van der Waals surface area contributed by atoms with E-state index in [1.54, 1.807) is 26.2 Å². The standard InChI is InChI=1S/C14H22FN3O2/c1-10(16-7-8-17-14(19)18(2)3)12-6-5-11(20-4)9-13(12)15/h5-6,9-10,16H,7-8H2,1-4H3,(H,17,19). The van der Waals surface area contributed by atoms with Crippen LogP contribution < -0.4 is 15.4 Å². The fourth-order valence-electron chi connectivity index (χ4n) is 1.71. The van der Waals surface area contributed by atoms with Crippen LogP contribution in [0.15, 0.2) is 18.2 Å². The molecule has 2 amide bonds. The van der Waals surface area contributed by atoms with Crippen LogP contribution in [-0.2, 0) is 0 Å². The molecule has 0 radical (unpaired) electrons. The number of amides is 2. The number of ether oxygens (including phenoxy) is 1. The molecule has 0 saturated heterocycles. The Morgan fingerprint density at radius 1 is 1.40 bits per heavy atom. The quantitative estimate of drug-likeness (QED) is 0.782. The van der Waals surface area contributed by atoms with Crippen LogP contribution in [-0.4, -0.2) is 45.2 Å². The summed E-state index contributed by atoms with van der Waals surface area (Å²) in [4.78, 5) is 12.8. The molecule has 5 nitrogen and oxygen atoms in total. The third kappa shape index (κ3) is 4.70. The van der Waals surface area contributed by atoms with E-state index in [9.17, 15) is 9.18 Å². The first-order chi connectivity index (χ1) is 9.45. The second-order valence-corrected chi connectivity index (χ2v) is 4.69. The molecule has 0 heterocycles. The first kappa shape index (κ1) is 16.2. The minimum atomic E-state index is -0.304. The maximum atomic E-state index is 13.8. The normalized spacial score (nSPS) is 11.8. The van der Waals surface area contributed by atoms with Crippen LogP contribution in [0.3, 0.4) is 0 Å². The highest BCUT2D eigenvalue weighted by atomic mass is 19.1. The average Bonchev–Trinajstić information content (AvgIpc) is 2.42. The first-order valence-electron chi connectivity index (χ1n) is 6.47. The minimum absolute atomic E-state index is 0.142. The van der Waals surface area contributed by atoms with E-state index in [1.165, 1.54) is 18.1 Å². The van der Waals surface area contributed by atoms with Crippen LogP contribution in [0.4, 0.5) is 9.18 Å². The number of benzene rings is 1. The third-order valence-corrected chi connectivity index (χ3v) is 2.93. The third-order valence-electron chi connectivity index (χ3n) is 2.93. The lowest BCUT2D eigenvalue weighted by atomic mass is 10.1. The molecule has 1 rings (SSSR count). The van der Waals surface area contributed by atoms with E-state index in [0.29, 0.717) is 24.4 Å². The number of nitrogens with zero attached hydrogens (tertiary/aromatic N) is 1. The minimum Gasteiger partial charge on any atom is -0.497 e. The number of halogens is 1. The number of hydrogen-bond acceptors (Lipinski definition) is 3. The molecular formula is C14H22FN3O2. The smallest absolute Gasteiger partial charge is 0.316 e. The molecule has 0 aliphatic heterocycles. The molecule has 0 aromatic heterocycles. The van der Waals surface area contributed by atoms with Gasteiger partial charge in [-0.2, -0.15) is 0 Å². The molecule has 2 N–H and O–H groups in total. The summed E-state index contributed by atoms with van der Waals surface area (Å²) in [6.45, 7) is 2.92. The van der Waals surface area contributed by atoms with Gasteiger partial charge < -0.3 is 20.3 Å². The number of carbonyl (C=O) groups excluding carboxylic acids is 1. The van der Waals surface area contributed by atoms with Gasteiger partial charge in [0.15, 0.2) is 0 Å². The lowest BCUT2D eigenvalue weighted by Gasteiger charge is -2.17. The Morgan fingerprint density at radius 2 is 2.10 bits per heavy atom. The van der Waals surface area contributed by atoms with E-state index in [0.717, 1.165) is 0 Å². The van der Waals surface area contributed by atoms with Gasteiger partial charge in [-0.05, 0) is 13.0 Å². The van der Waals surface area contributed by atoms with E-state index in [2.05, 4.69) is 10.6 Å². The van der Waals surface area contributed by atoms with E-state index in [1.807, 2.05) is 6.92 Å². The van der Waals surface area contributed by atoms with Crippen molar-refractivity contribution in [3.63, 3.8) is 0 Å². The van der Waals surface area contributed by atoms with Crippen LogP contribution in [0.2, 0.25) is 0 Å². The van der Waals surface area contributed by atoms with Crippen LogP contribution >= 0.6 is 0 Å². The number of hydrogen-bond donors (Lipinski definition) is 2. The average molecular weight is 283 g/mol. The van der Waals surface area contributed by atoms with Crippen LogP contribution in [0.5, 0.6) is 5.75 Å². The summed E-state index contributed by atoms with van der Waals surface area (Å²) in [7, 11) is 4.86. The number of carbonyl (C=O) groups is 1. The van der Waals surface area contributed by atoms with E-state index >= 15 is 0 Å². The van der Waals surface area contributed by atoms with E-state index < -0.39 is 0 Å². The van der Waals surface area contributed by atoms with Gasteiger partial charge in [-0.15, -0.1) is 0 Å². The van der Waals surface area contributed by atoms with Crippen molar-refractivity contribution in [3.05, 3.63) is 29.6 Å². The summed E-state index contributed by atoms with van der Waals surface area (Å²) < 4.78 is 18.8. The number of urea groups is 1. The SMILES string of the molecule is COc1ccc(C(C)NCCNC(=O)N(C)C)c(F)c1. The maximum Gasteiger partial charge on any atom is 0.316 e. The molecule has 0 aliphatic carbocycles. The zero-order valence-electron chi connectivity index (χ0n) is 12.4. The van der Waals surface area contributed by atoms with Crippen molar-refractivity contribution < 1.29 is 13.9 Å². The Hall–Kier alpha value is -1.82. The highest BCUT2D eigenvalue weighted by Crippen LogP contribution is 2.21. The van der Waals surface area contributed by atoms with Crippen LogP contribution in [0, 0.1) is 5.82 Å². The molecule has 20 heavy (non-hydrogen) atoms. The largest absolute Gasteiger partial charge is 0.497 e. The van der Waals surface area contributed by atoms with Gasteiger partial charge >= 0.3 is 6.03 Å². The van der Waals surface area contributed by atoms with E-state index in [4.69, 9.17) is 4.74 Å². The molecule has 1 aromatic carbocycles. The highest BCUT2D eigenvalue weighted by molar-refractivity contribution is 5.73. The zero-order chi connectivity index (χ0) is 15.1. The van der Waals surface area contributed by atoms with Gasteiger partial charge in [-0.25, -0.2) is 9.18 Å². The van der Waals surface area contributed by atoms with Crippen molar-refractivity contribution in [2.24, 2.45) is 0 Å². The predicted molar refractivity (Wildman–Crippen MR) is 76.5 cm³/mol. The molecule has 6 heteroatoms. The lowest BCUT2D eigenvalue weighted by molar-refractivity contribution is 0.217. The van der Waals surface area contributed by atoms with Gasteiger partial charge in [0.05, 0.1) is 7.11 Å². The van der Waals surface area contributed by atoms with Crippen molar-refractivity contribution >= 4 is 6.03 Å². The number of methoxy groups -OCH3 is 1. The predicted octanol–water partition coefficient (Wildman–Crippen LogP) is 1.76. The Morgan fingerprint density at radius 3 is 2.65 bits per heavy atom. The number of nitrogens with one attached hydrogen (secondary N) is 2. The molecule has 0 saturated carbocycles. The van der Waals surface area contributed by atoms with E-state index in [-0.39, 0.29) is 17.9 Å². The van der Waals surface area contributed by atoms with Crippen molar-refractivity contribution in [2.75, 3.05) is 34.3 Å². The van der Waals surface area contributed by atoms with Crippen LogP contribution in [0.25, 0.3) is 0 Å². The maximum absolute atomic E-state index is 13.8. The monoisotopic (exact) mass is 283 g/mol. The summed E-state index contributed by atoms with van der Waals surface area (Å²) in [5.74, 6) is 0.193. The van der Waals surface area contributed by atoms with Gasteiger partial charge in [0, 0.05) is 44.9 Å². The second kappa shape index (κ2) is 7.69. The van der Waals surface area contributed by atoms with Gasteiger partial charge in [-0.3, -0.25) is 0 Å². The Kier molecular flexibility index (Phi) is 6.24.